The average molecular weight is 559 g/mol. The number of hydrogen-bond donors (Lipinski definition) is 2. The van der Waals surface area contributed by atoms with E-state index in [0.29, 0.717) is 22.9 Å². The molecule has 0 saturated heterocycles. The molecule has 5 rings (SSSR count). The Bertz CT molecular complexity index is 1710. The number of benzene rings is 2. The first-order chi connectivity index (χ1) is 19.6. The molecule has 0 aliphatic heterocycles. The standard InChI is InChI=1S/C30H25F3N6O2/c1-18-4-5-20(12-26(18)38-27-13-19(8-9-34-27)21-6-7-28(41-3)35-15-21)29(40)37-25-11-22(23-16-36-39(2)17-23)10-24(14-25)30(31,32)33/h4-17H,1-3H3,(H,34,38)(H,37,40). The van der Waals surface area contributed by atoms with Crippen LogP contribution in [-0.2, 0) is 13.2 Å². The topological polar surface area (TPSA) is 94.0 Å². The number of carbonyl (C=O) groups excluding carboxylic acids is 1. The van der Waals surface area contributed by atoms with Crippen LogP contribution in [0.4, 0.5) is 30.4 Å². The van der Waals surface area contributed by atoms with Gasteiger partial charge < -0.3 is 15.4 Å². The maximum Gasteiger partial charge on any atom is 0.416 e. The fourth-order valence-corrected chi connectivity index (χ4v) is 4.19. The minimum atomic E-state index is -4.60. The number of anilines is 3. The van der Waals surface area contributed by atoms with Crippen LogP contribution in [0.3, 0.4) is 0 Å². The molecule has 2 N–H and O–H groups in total. The maximum atomic E-state index is 13.6. The van der Waals surface area contributed by atoms with Crippen LogP contribution in [0, 0.1) is 6.92 Å². The van der Waals surface area contributed by atoms with Crippen LogP contribution in [0.25, 0.3) is 22.3 Å². The second kappa shape index (κ2) is 11.1. The predicted octanol–water partition coefficient (Wildman–Crippen LogP) is 6.88. The van der Waals surface area contributed by atoms with Gasteiger partial charge in [-0.2, -0.15) is 18.3 Å². The van der Waals surface area contributed by atoms with Crippen molar-refractivity contribution in [2.45, 2.75) is 13.1 Å². The third-order valence-corrected chi connectivity index (χ3v) is 6.36. The Hall–Kier alpha value is -5.19. The lowest BCUT2D eigenvalue weighted by Crippen LogP contribution is -2.14. The zero-order chi connectivity index (χ0) is 29.1. The van der Waals surface area contributed by atoms with Gasteiger partial charge in [-0.25, -0.2) is 9.97 Å². The Morgan fingerprint density at radius 1 is 0.902 bits per heavy atom. The number of methoxy groups -OCH3 is 1. The molecule has 0 radical (unpaired) electrons. The Labute approximate surface area is 233 Å². The molecule has 0 saturated carbocycles. The largest absolute Gasteiger partial charge is 0.481 e. The van der Waals surface area contributed by atoms with E-state index in [9.17, 15) is 18.0 Å². The molecular weight excluding hydrogens is 533 g/mol. The summed E-state index contributed by atoms with van der Waals surface area (Å²) in [5, 5.41) is 9.88. The molecule has 208 valence electrons. The van der Waals surface area contributed by atoms with Gasteiger partial charge in [-0.15, -0.1) is 0 Å². The van der Waals surface area contributed by atoms with Gasteiger partial charge in [0, 0.05) is 59.8 Å². The van der Waals surface area contributed by atoms with Crippen LogP contribution < -0.4 is 15.4 Å². The highest BCUT2D eigenvalue weighted by atomic mass is 19.4. The van der Waals surface area contributed by atoms with Crippen molar-refractivity contribution in [3.05, 3.63) is 102 Å². The second-order valence-electron chi connectivity index (χ2n) is 9.33. The molecule has 3 aromatic heterocycles. The smallest absolute Gasteiger partial charge is 0.416 e. The van der Waals surface area contributed by atoms with Crippen molar-refractivity contribution in [2.24, 2.45) is 7.05 Å². The number of rotatable bonds is 7. The van der Waals surface area contributed by atoms with Crippen LogP contribution in [-0.4, -0.2) is 32.8 Å². The lowest BCUT2D eigenvalue weighted by Gasteiger charge is -2.14. The summed E-state index contributed by atoms with van der Waals surface area (Å²) >= 11 is 0. The normalized spacial score (nSPS) is 11.3. The third kappa shape index (κ3) is 6.35. The summed E-state index contributed by atoms with van der Waals surface area (Å²) in [6.45, 7) is 1.87. The summed E-state index contributed by atoms with van der Waals surface area (Å²) in [5.41, 5.74) is 3.39. The first-order valence-corrected chi connectivity index (χ1v) is 12.5. The number of aromatic nitrogens is 4. The van der Waals surface area contributed by atoms with E-state index in [0.717, 1.165) is 28.8 Å². The molecule has 0 bridgehead atoms. The van der Waals surface area contributed by atoms with E-state index in [-0.39, 0.29) is 16.8 Å². The van der Waals surface area contributed by atoms with Gasteiger partial charge in [0.2, 0.25) is 5.88 Å². The van der Waals surface area contributed by atoms with Crippen LogP contribution in [0.15, 0.2) is 85.5 Å². The zero-order valence-corrected chi connectivity index (χ0v) is 22.3. The minimum absolute atomic E-state index is 0.0150. The summed E-state index contributed by atoms with van der Waals surface area (Å²) in [5.74, 6) is 0.485. The molecule has 5 aromatic rings. The summed E-state index contributed by atoms with van der Waals surface area (Å²) in [4.78, 5) is 21.8. The van der Waals surface area contributed by atoms with Crippen molar-refractivity contribution < 1.29 is 22.7 Å². The fourth-order valence-electron chi connectivity index (χ4n) is 4.19. The predicted molar refractivity (Wildman–Crippen MR) is 150 cm³/mol. The van der Waals surface area contributed by atoms with Gasteiger partial charge in [0.05, 0.1) is 18.9 Å². The van der Waals surface area contributed by atoms with Crippen LogP contribution in [0.1, 0.15) is 21.5 Å². The third-order valence-electron chi connectivity index (χ3n) is 6.36. The Morgan fingerprint density at radius 2 is 1.73 bits per heavy atom. The number of pyridine rings is 2. The number of nitrogens with zero attached hydrogens (tertiary/aromatic N) is 4. The fraction of sp³-hybridized carbons (Fsp3) is 0.133. The molecule has 1 amide bonds. The van der Waals surface area contributed by atoms with Gasteiger partial charge in [0.25, 0.3) is 5.91 Å². The summed E-state index contributed by atoms with van der Waals surface area (Å²) in [6, 6.07) is 15.8. The Morgan fingerprint density at radius 3 is 2.41 bits per heavy atom. The lowest BCUT2D eigenvalue weighted by atomic mass is 10.0. The zero-order valence-electron chi connectivity index (χ0n) is 22.3. The van der Waals surface area contributed by atoms with Gasteiger partial charge in [-0.05, 0) is 72.1 Å². The van der Waals surface area contributed by atoms with E-state index in [1.807, 2.05) is 25.1 Å². The molecule has 8 nitrogen and oxygen atoms in total. The number of amides is 1. The van der Waals surface area contributed by atoms with E-state index in [2.05, 4.69) is 25.7 Å². The van der Waals surface area contributed by atoms with Gasteiger partial charge >= 0.3 is 6.18 Å². The first kappa shape index (κ1) is 27.4. The number of carbonyl (C=O) groups is 1. The summed E-state index contributed by atoms with van der Waals surface area (Å²) < 4.78 is 47.6. The van der Waals surface area contributed by atoms with Crippen molar-refractivity contribution in [1.29, 1.82) is 0 Å². The molecule has 0 unspecified atom stereocenters. The quantitative estimate of drug-likeness (QED) is 0.226. The Balaban J connectivity index is 1.39. The molecule has 0 fully saturated rings. The van der Waals surface area contributed by atoms with E-state index in [4.69, 9.17) is 4.74 Å². The molecule has 0 spiro atoms. The monoisotopic (exact) mass is 558 g/mol. The molecule has 11 heteroatoms. The van der Waals surface area contributed by atoms with Crippen molar-refractivity contribution in [3.8, 4) is 28.1 Å². The number of halogens is 3. The highest BCUT2D eigenvalue weighted by molar-refractivity contribution is 6.05. The van der Waals surface area contributed by atoms with Gasteiger partial charge in [-0.1, -0.05) is 6.07 Å². The molecule has 41 heavy (non-hydrogen) atoms. The average Bonchev–Trinajstić information content (AvgIpc) is 3.40. The molecule has 0 aliphatic rings. The number of alkyl halides is 3. The van der Waals surface area contributed by atoms with E-state index in [1.165, 1.54) is 16.9 Å². The molecule has 2 aromatic carbocycles. The van der Waals surface area contributed by atoms with Gasteiger partial charge in [0.15, 0.2) is 0 Å². The van der Waals surface area contributed by atoms with Crippen LogP contribution >= 0.6 is 0 Å². The van der Waals surface area contributed by atoms with Crippen molar-refractivity contribution >= 4 is 23.1 Å². The second-order valence-corrected chi connectivity index (χ2v) is 9.33. The van der Waals surface area contributed by atoms with E-state index < -0.39 is 17.6 Å². The molecular formula is C30H25F3N6O2. The van der Waals surface area contributed by atoms with Crippen molar-refractivity contribution in [2.75, 3.05) is 17.7 Å². The summed E-state index contributed by atoms with van der Waals surface area (Å²) in [7, 11) is 3.22. The highest BCUT2D eigenvalue weighted by Gasteiger charge is 2.31. The molecule has 0 aliphatic carbocycles. The maximum absolute atomic E-state index is 13.6. The SMILES string of the molecule is COc1ccc(-c2ccnc(Nc3cc(C(=O)Nc4cc(-c5cnn(C)c5)cc(C(F)(F)F)c4)ccc3C)c2)cn1. The molecule has 0 atom stereocenters. The number of nitrogens with one attached hydrogen (secondary N) is 2. The van der Waals surface area contributed by atoms with Gasteiger partial charge in [-0.3, -0.25) is 9.48 Å². The van der Waals surface area contributed by atoms with Crippen LogP contribution in [0.5, 0.6) is 5.88 Å². The lowest BCUT2D eigenvalue weighted by molar-refractivity contribution is -0.137. The van der Waals surface area contributed by atoms with Gasteiger partial charge in [0.1, 0.15) is 5.82 Å². The van der Waals surface area contributed by atoms with E-state index >= 15 is 0 Å². The molecule has 3 heterocycles. The van der Waals surface area contributed by atoms with E-state index in [1.54, 1.807) is 57.0 Å². The first-order valence-electron chi connectivity index (χ1n) is 12.5. The number of hydrogen-bond acceptors (Lipinski definition) is 6. The minimum Gasteiger partial charge on any atom is -0.481 e. The number of aryl methyl sites for hydroxylation is 2. The number of ether oxygens (including phenoxy) is 1. The van der Waals surface area contributed by atoms with Crippen molar-refractivity contribution in [1.82, 2.24) is 19.7 Å². The highest BCUT2D eigenvalue weighted by Crippen LogP contribution is 2.35. The Kier molecular flexibility index (Phi) is 7.43. The van der Waals surface area contributed by atoms with Crippen LogP contribution in [0.2, 0.25) is 0 Å². The summed E-state index contributed by atoms with van der Waals surface area (Å²) in [6.07, 6.45) is 1.82. The van der Waals surface area contributed by atoms with Crippen molar-refractivity contribution in [3.63, 3.8) is 0 Å².